The molecule has 0 aliphatic carbocycles. The molecular weight excluding hydrogens is 432 g/mol. The molecule has 2 aliphatic rings. The summed E-state index contributed by atoms with van der Waals surface area (Å²) in [5.74, 6) is -1.13. The molecule has 34 heavy (non-hydrogen) atoms. The van der Waals surface area contributed by atoms with Crippen LogP contribution in [0.1, 0.15) is 48.2 Å². The van der Waals surface area contributed by atoms with E-state index in [0.717, 1.165) is 11.1 Å². The Labute approximate surface area is 199 Å². The minimum Gasteiger partial charge on any atom is -0.351 e. The van der Waals surface area contributed by atoms with Crippen LogP contribution in [0.4, 0.5) is 0 Å². The standard InChI is InChI=1S/C26H30N4O4/c1-5-7-21(27-13-6-2)26(3,4)25(34)28-16-17-8-9-19-18(15-17)12-14-30(24(19)33)20-10-11-22(31)29-23(20)32/h5-9,13,15,20H,1-2,10-12,14,16H2,3-4H3,(H,28,34)(H,29,31,32)/b21-7-,27-13-. The van der Waals surface area contributed by atoms with Gasteiger partial charge in [0.1, 0.15) is 6.04 Å². The number of nitrogens with zero attached hydrogens (tertiary/aromatic N) is 2. The molecule has 1 aromatic rings. The number of hydrogen-bond donors (Lipinski definition) is 2. The largest absolute Gasteiger partial charge is 0.351 e. The predicted octanol–water partition coefficient (Wildman–Crippen LogP) is 2.46. The van der Waals surface area contributed by atoms with Crippen LogP contribution in [0.15, 0.2) is 60.3 Å². The van der Waals surface area contributed by atoms with Gasteiger partial charge in [0, 0.05) is 31.3 Å². The predicted molar refractivity (Wildman–Crippen MR) is 130 cm³/mol. The normalized spacial score (nSPS) is 19.0. The number of nitrogens with one attached hydrogen (secondary N) is 2. The lowest BCUT2D eigenvalue weighted by atomic mass is 9.87. The van der Waals surface area contributed by atoms with Crippen LogP contribution in [0.5, 0.6) is 0 Å². The monoisotopic (exact) mass is 462 g/mol. The van der Waals surface area contributed by atoms with E-state index in [9.17, 15) is 19.2 Å². The Morgan fingerprint density at radius 3 is 2.68 bits per heavy atom. The van der Waals surface area contributed by atoms with Crippen LogP contribution in [-0.2, 0) is 27.3 Å². The number of amides is 4. The van der Waals surface area contributed by atoms with E-state index in [1.54, 1.807) is 49.1 Å². The van der Waals surface area contributed by atoms with E-state index in [1.165, 1.54) is 6.21 Å². The number of benzene rings is 1. The Bertz CT molecular complexity index is 1100. The lowest BCUT2D eigenvalue weighted by Gasteiger charge is -2.36. The number of carbonyl (C=O) groups excluding carboxylic acids is 4. The lowest BCUT2D eigenvalue weighted by Crippen LogP contribution is -2.55. The third kappa shape index (κ3) is 5.22. The van der Waals surface area contributed by atoms with Gasteiger partial charge in [0.05, 0.1) is 11.1 Å². The topological polar surface area (TPSA) is 108 Å². The molecule has 1 fully saturated rings. The first-order chi connectivity index (χ1) is 16.2. The zero-order valence-electron chi connectivity index (χ0n) is 19.6. The molecule has 0 spiro atoms. The molecule has 4 amide bonds. The van der Waals surface area contributed by atoms with Gasteiger partial charge in [-0.1, -0.05) is 37.4 Å². The molecule has 1 atom stereocenters. The second-order valence-electron chi connectivity index (χ2n) is 8.82. The van der Waals surface area contributed by atoms with Crippen molar-refractivity contribution in [2.45, 2.75) is 45.7 Å². The van der Waals surface area contributed by atoms with Gasteiger partial charge < -0.3 is 10.2 Å². The molecule has 2 aliphatic heterocycles. The molecule has 0 radical (unpaired) electrons. The Kier molecular flexibility index (Phi) is 7.61. The second kappa shape index (κ2) is 10.4. The minimum atomic E-state index is -0.889. The number of piperidine rings is 1. The van der Waals surface area contributed by atoms with Crippen LogP contribution in [0.3, 0.4) is 0 Å². The van der Waals surface area contributed by atoms with Gasteiger partial charge in [-0.05, 0) is 50.0 Å². The Hall–Kier alpha value is -3.81. The van der Waals surface area contributed by atoms with E-state index < -0.39 is 17.4 Å². The van der Waals surface area contributed by atoms with Gasteiger partial charge in [0.25, 0.3) is 5.91 Å². The summed E-state index contributed by atoms with van der Waals surface area (Å²) in [5.41, 5.74) is 1.96. The smallest absolute Gasteiger partial charge is 0.254 e. The van der Waals surface area contributed by atoms with Crippen LogP contribution < -0.4 is 10.6 Å². The van der Waals surface area contributed by atoms with Crippen molar-refractivity contribution in [3.8, 4) is 0 Å². The first-order valence-electron chi connectivity index (χ1n) is 11.2. The molecular formula is C26H30N4O4. The maximum Gasteiger partial charge on any atom is 0.254 e. The molecule has 0 saturated carbocycles. The van der Waals surface area contributed by atoms with Crippen LogP contribution >= 0.6 is 0 Å². The minimum absolute atomic E-state index is 0.195. The van der Waals surface area contributed by atoms with E-state index in [-0.39, 0.29) is 24.1 Å². The van der Waals surface area contributed by atoms with Crippen molar-refractivity contribution in [3.63, 3.8) is 0 Å². The maximum absolute atomic E-state index is 13.0. The van der Waals surface area contributed by atoms with Crippen molar-refractivity contribution >= 4 is 29.8 Å². The molecule has 0 aromatic heterocycles. The number of rotatable bonds is 8. The molecule has 2 N–H and O–H groups in total. The van der Waals surface area contributed by atoms with E-state index in [2.05, 4.69) is 28.8 Å². The first kappa shape index (κ1) is 24.8. The summed E-state index contributed by atoms with van der Waals surface area (Å²) in [6, 6.07) is 4.83. The van der Waals surface area contributed by atoms with Crippen LogP contribution in [0.2, 0.25) is 0 Å². The summed E-state index contributed by atoms with van der Waals surface area (Å²) in [6.07, 6.45) is 7.51. The van der Waals surface area contributed by atoms with Crippen molar-refractivity contribution < 1.29 is 19.2 Å². The van der Waals surface area contributed by atoms with Gasteiger partial charge in [0.15, 0.2) is 0 Å². The summed E-state index contributed by atoms with van der Waals surface area (Å²) in [6.45, 7) is 11.6. The Morgan fingerprint density at radius 2 is 2.00 bits per heavy atom. The van der Waals surface area contributed by atoms with Crippen molar-refractivity contribution in [2.75, 3.05) is 6.54 Å². The highest BCUT2D eigenvalue weighted by molar-refractivity contribution is 6.04. The SMILES string of the molecule is C=C/C=N\C(=C/C=C)C(C)(C)C(=O)NCc1ccc2c(c1)CCN(C1CCC(=O)NC1=O)C2=O. The lowest BCUT2D eigenvalue weighted by molar-refractivity contribution is -0.137. The molecule has 8 nitrogen and oxygen atoms in total. The van der Waals surface area contributed by atoms with E-state index in [1.807, 2.05) is 6.07 Å². The highest BCUT2D eigenvalue weighted by atomic mass is 16.2. The molecule has 8 heteroatoms. The third-order valence-electron chi connectivity index (χ3n) is 6.13. The molecule has 178 valence electrons. The zero-order chi connectivity index (χ0) is 24.9. The van der Waals surface area contributed by atoms with Crippen LogP contribution in [0.25, 0.3) is 0 Å². The Balaban J connectivity index is 1.69. The number of carbonyl (C=O) groups is 4. The van der Waals surface area contributed by atoms with Crippen LogP contribution in [0, 0.1) is 5.41 Å². The highest BCUT2D eigenvalue weighted by Crippen LogP contribution is 2.28. The van der Waals surface area contributed by atoms with Crippen molar-refractivity contribution in [2.24, 2.45) is 10.4 Å². The highest BCUT2D eigenvalue weighted by Gasteiger charge is 2.37. The summed E-state index contributed by atoms with van der Waals surface area (Å²) >= 11 is 0. The second-order valence-corrected chi connectivity index (χ2v) is 8.82. The van der Waals surface area contributed by atoms with Gasteiger partial charge in [-0.15, -0.1) is 0 Å². The fraction of sp³-hybridized carbons (Fsp3) is 0.346. The van der Waals surface area contributed by atoms with Gasteiger partial charge >= 0.3 is 0 Å². The Morgan fingerprint density at radius 1 is 1.24 bits per heavy atom. The quantitative estimate of drug-likeness (QED) is 0.351. The maximum atomic E-state index is 13.0. The summed E-state index contributed by atoms with van der Waals surface area (Å²) in [5, 5.41) is 5.26. The summed E-state index contributed by atoms with van der Waals surface area (Å²) in [7, 11) is 0. The molecule has 1 saturated heterocycles. The van der Waals surface area contributed by atoms with Crippen LogP contribution in [-0.4, -0.2) is 47.3 Å². The number of imide groups is 1. The molecule has 1 aromatic carbocycles. The van der Waals surface area contributed by atoms with E-state index in [0.29, 0.717) is 37.2 Å². The molecule has 2 heterocycles. The van der Waals surface area contributed by atoms with Crippen molar-refractivity contribution in [1.82, 2.24) is 15.5 Å². The van der Waals surface area contributed by atoms with Gasteiger partial charge in [-0.25, -0.2) is 0 Å². The summed E-state index contributed by atoms with van der Waals surface area (Å²) < 4.78 is 0. The summed E-state index contributed by atoms with van der Waals surface area (Å²) in [4.78, 5) is 55.4. The van der Waals surface area contributed by atoms with Gasteiger partial charge in [-0.3, -0.25) is 29.5 Å². The fourth-order valence-corrected chi connectivity index (χ4v) is 4.12. The number of allylic oxidation sites excluding steroid dienone is 3. The van der Waals surface area contributed by atoms with E-state index >= 15 is 0 Å². The van der Waals surface area contributed by atoms with Crippen molar-refractivity contribution in [3.05, 3.63) is 72.0 Å². The third-order valence-corrected chi connectivity index (χ3v) is 6.13. The van der Waals surface area contributed by atoms with Gasteiger partial charge in [0.2, 0.25) is 17.7 Å². The average Bonchev–Trinajstić information content (AvgIpc) is 2.80. The number of aliphatic imine (C=N–C) groups is 1. The van der Waals surface area contributed by atoms with Crippen molar-refractivity contribution in [1.29, 1.82) is 0 Å². The molecule has 0 bridgehead atoms. The fourth-order valence-electron chi connectivity index (χ4n) is 4.12. The number of hydrogen-bond acceptors (Lipinski definition) is 5. The first-order valence-corrected chi connectivity index (χ1v) is 11.2. The molecule has 3 rings (SSSR count). The van der Waals surface area contributed by atoms with Gasteiger partial charge in [-0.2, -0.15) is 0 Å². The zero-order valence-corrected chi connectivity index (χ0v) is 19.6. The number of fused-ring (bicyclic) bond motifs is 1. The van der Waals surface area contributed by atoms with E-state index in [4.69, 9.17) is 0 Å². The molecule has 1 unspecified atom stereocenters. The average molecular weight is 463 g/mol.